The second-order valence-corrected chi connectivity index (χ2v) is 9.43. The maximum atomic E-state index is 12.6. The van der Waals surface area contributed by atoms with Gasteiger partial charge in [-0.25, -0.2) is 8.42 Å². The molecule has 0 radical (unpaired) electrons. The Morgan fingerprint density at radius 2 is 1.92 bits per heavy atom. The number of hydrogen-bond acceptors (Lipinski definition) is 5. The lowest BCUT2D eigenvalue weighted by atomic mass is 9.97. The van der Waals surface area contributed by atoms with Crippen LogP contribution in [0, 0.1) is 0 Å². The van der Waals surface area contributed by atoms with Crippen molar-refractivity contribution in [3.05, 3.63) is 11.6 Å². The van der Waals surface area contributed by atoms with Crippen LogP contribution in [0.5, 0.6) is 0 Å². The molecule has 1 aliphatic carbocycles. The first-order chi connectivity index (χ1) is 12.4. The third-order valence-corrected chi connectivity index (χ3v) is 6.79. The number of hydrogen-bond donors (Lipinski definition) is 0. The molecule has 0 atom stereocenters. The fraction of sp³-hybridized carbons (Fsp3) is 0.833. The smallest absolute Gasteiger partial charge is 0.237 e. The zero-order valence-corrected chi connectivity index (χ0v) is 16.4. The highest BCUT2D eigenvalue weighted by molar-refractivity contribution is 7.88. The number of likely N-dealkylation sites (tertiary alicyclic amines) is 1. The molecule has 0 aromatic carbocycles. The fourth-order valence-electron chi connectivity index (χ4n) is 3.90. The van der Waals surface area contributed by atoms with Crippen molar-refractivity contribution >= 4 is 15.9 Å². The first kappa shape index (κ1) is 19.8. The van der Waals surface area contributed by atoms with Gasteiger partial charge in [0.2, 0.25) is 15.9 Å². The van der Waals surface area contributed by atoms with E-state index in [2.05, 4.69) is 6.08 Å². The SMILES string of the molecule is CS(=O)(=O)N(CCC1=CCCCC1)CC(=O)N1CCC2(CC1)OCCO2. The van der Waals surface area contributed by atoms with Crippen LogP contribution >= 0.6 is 0 Å². The average Bonchev–Trinajstić information content (AvgIpc) is 3.07. The Hall–Kier alpha value is -0.960. The van der Waals surface area contributed by atoms with E-state index in [1.807, 2.05) is 0 Å². The molecule has 2 saturated heterocycles. The van der Waals surface area contributed by atoms with Gasteiger partial charge in [-0.2, -0.15) is 4.31 Å². The molecule has 0 saturated carbocycles. The summed E-state index contributed by atoms with van der Waals surface area (Å²) in [5.74, 6) is -0.665. The van der Waals surface area contributed by atoms with Crippen LogP contribution in [0.1, 0.15) is 44.9 Å². The molecule has 26 heavy (non-hydrogen) atoms. The number of amides is 1. The van der Waals surface area contributed by atoms with Crippen LogP contribution in [-0.2, 0) is 24.3 Å². The summed E-state index contributed by atoms with van der Waals surface area (Å²) in [6.07, 6.45) is 9.90. The first-order valence-corrected chi connectivity index (χ1v) is 11.4. The zero-order chi connectivity index (χ0) is 18.6. The predicted molar refractivity (Wildman–Crippen MR) is 98.0 cm³/mol. The summed E-state index contributed by atoms with van der Waals surface area (Å²) >= 11 is 0. The molecule has 0 aromatic heterocycles. The van der Waals surface area contributed by atoms with E-state index >= 15 is 0 Å². The Morgan fingerprint density at radius 3 is 2.50 bits per heavy atom. The molecule has 3 rings (SSSR count). The van der Waals surface area contributed by atoms with Crippen molar-refractivity contribution in [1.82, 2.24) is 9.21 Å². The van der Waals surface area contributed by atoms with Gasteiger partial charge in [-0.3, -0.25) is 4.79 Å². The van der Waals surface area contributed by atoms with Crippen molar-refractivity contribution < 1.29 is 22.7 Å². The van der Waals surface area contributed by atoms with Gasteiger partial charge >= 0.3 is 0 Å². The summed E-state index contributed by atoms with van der Waals surface area (Å²) in [5.41, 5.74) is 1.31. The largest absolute Gasteiger partial charge is 0.347 e. The highest BCUT2D eigenvalue weighted by Gasteiger charge is 2.41. The van der Waals surface area contributed by atoms with Gasteiger partial charge in [0.05, 0.1) is 26.0 Å². The quantitative estimate of drug-likeness (QED) is 0.647. The monoisotopic (exact) mass is 386 g/mol. The zero-order valence-electron chi connectivity index (χ0n) is 15.6. The van der Waals surface area contributed by atoms with Gasteiger partial charge in [0.1, 0.15) is 0 Å². The summed E-state index contributed by atoms with van der Waals surface area (Å²) in [7, 11) is -3.41. The highest BCUT2D eigenvalue weighted by Crippen LogP contribution is 2.31. The van der Waals surface area contributed by atoms with Crippen LogP contribution < -0.4 is 0 Å². The fourth-order valence-corrected chi connectivity index (χ4v) is 4.66. The Labute approximate surface area is 156 Å². The standard InChI is InChI=1S/C18H30N2O5S/c1-26(22,23)20(10-7-16-5-3-2-4-6-16)15-17(21)19-11-8-18(9-12-19)24-13-14-25-18/h5H,2-4,6-15H2,1H3. The topological polar surface area (TPSA) is 76.2 Å². The number of piperidine rings is 1. The number of allylic oxidation sites excluding steroid dienone is 1. The van der Waals surface area contributed by atoms with Crippen molar-refractivity contribution in [2.75, 3.05) is 45.6 Å². The molecule has 1 spiro atoms. The van der Waals surface area contributed by atoms with Gasteiger partial charge in [-0.1, -0.05) is 11.6 Å². The van der Waals surface area contributed by atoms with E-state index in [4.69, 9.17) is 9.47 Å². The van der Waals surface area contributed by atoms with Gasteiger partial charge in [-0.15, -0.1) is 0 Å². The minimum atomic E-state index is -3.41. The molecule has 1 amide bonds. The Morgan fingerprint density at radius 1 is 1.23 bits per heavy atom. The average molecular weight is 387 g/mol. The summed E-state index contributed by atoms with van der Waals surface area (Å²) in [6.45, 7) is 2.59. The Balaban J connectivity index is 1.53. The van der Waals surface area contributed by atoms with E-state index < -0.39 is 15.8 Å². The van der Waals surface area contributed by atoms with Crippen LogP contribution in [0.4, 0.5) is 0 Å². The molecule has 148 valence electrons. The molecule has 0 bridgehead atoms. The maximum Gasteiger partial charge on any atom is 0.237 e. The molecule has 8 heteroatoms. The van der Waals surface area contributed by atoms with Crippen molar-refractivity contribution in [2.45, 2.75) is 50.7 Å². The third-order valence-electron chi connectivity index (χ3n) is 5.54. The van der Waals surface area contributed by atoms with E-state index in [-0.39, 0.29) is 12.5 Å². The van der Waals surface area contributed by atoms with E-state index in [0.717, 1.165) is 12.8 Å². The van der Waals surface area contributed by atoms with Crippen molar-refractivity contribution in [3.63, 3.8) is 0 Å². The highest BCUT2D eigenvalue weighted by atomic mass is 32.2. The van der Waals surface area contributed by atoms with Crippen LogP contribution in [0.15, 0.2) is 11.6 Å². The number of carbonyl (C=O) groups is 1. The second-order valence-electron chi connectivity index (χ2n) is 7.44. The second kappa shape index (κ2) is 8.37. The number of rotatable bonds is 6. The molecule has 2 aliphatic heterocycles. The number of ether oxygens (including phenoxy) is 2. The van der Waals surface area contributed by atoms with E-state index in [1.54, 1.807) is 4.90 Å². The molecule has 0 unspecified atom stereocenters. The molecule has 3 aliphatic rings. The summed E-state index contributed by atoms with van der Waals surface area (Å²) < 4.78 is 36.9. The molecule has 2 fully saturated rings. The molecular formula is C18H30N2O5S. The van der Waals surface area contributed by atoms with E-state index in [9.17, 15) is 13.2 Å². The van der Waals surface area contributed by atoms with Crippen LogP contribution in [-0.4, -0.2) is 75.0 Å². The lowest BCUT2D eigenvalue weighted by Gasteiger charge is -2.38. The van der Waals surface area contributed by atoms with Gasteiger partial charge < -0.3 is 14.4 Å². The van der Waals surface area contributed by atoms with Gasteiger partial charge in [0.15, 0.2) is 5.79 Å². The lowest BCUT2D eigenvalue weighted by Crippen LogP contribution is -2.50. The van der Waals surface area contributed by atoms with Crippen molar-refractivity contribution in [2.24, 2.45) is 0 Å². The predicted octanol–water partition coefficient (Wildman–Crippen LogP) is 1.50. The maximum absolute atomic E-state index is 12.6. The Kier molecular flexibility index (Phi) is 6.37. The normalized spacial score (nSPS) is 23.5. The Bertz CT molecular complexity index is 630. The number of nitrogens with zero attached hydrogens (tertiary/aromatic N) is 2. The van der Waals surface area contributed by atoms with Crippen LogP contribution in [0.3, 0.4) is 0 Å². The van der Waals surface area contributed by atoms with Crippen molar-refractivity contribution in [3.8, 4) is 0 Å². The molecule has 7 nitrogen and oxygen atoms in total. The van der Waals surface area contributed by atoms with E-state index in [0.29, 0.717) is 52.1 Å². The lowest BCUT2D eigenvalue weighted by molar-refractivity contribution is -0.187. The van der Waals surface area contributed by atoms with E-state index in [1.165, 1.54) is 29.0 Å². The first-order valence-electron chi connectivity index (χ1n) is 9.57. The summed E-state index contributed by atoms with van der Waals surface area (Å²) in [6, 6.07) is 0. The molecular weight excluding hydrogens is 356 g/mol. The molecule has 2 heterocycles. The third kappa shape index (κ3) is 5.06. The van der Waals surface area contributed by atoms with Gasteiger partial charge in [-0.05, 0) is 32.1 Å². The summed E-state index contributed by atoms with van der Waals surface area (Å²) in [4.78, 5) is 14.4. The number of carbonyl (C=O) groups excluding carboxylic acids is 1. The van der Waals surface area contributed by atoms with Crippen molar-refractivity contribution in [1.29, 1.82) is 0 Å². The minimum Gasteiger partial charge on any atom is -0.347 e. The van der Waals surface area contributed by atoms with Crippen LogP contribution in [0.2, 0.25) is 0 Å². The molecule has 0 aromatic rings. The van der Waals surface area contributed by atoms with Crippen LogP contribution in [0.25, 0.3) is 0 Å². The molecule has 0 N–H and O–H groups in total. The van der Waals surface area contributed by atoms with Gasteiger partial charge in [0, 0.05) is 32.5 Å². The summed E-state index contributed by atoms with van der Waals surface area (Å²) in [5, 5.41) is 0. The number of sulfonamides is 1. The minimum absolute atomic E-state index is 0.0825. The van der Waals surface area contributed by atoms with Gasteiger partial charge in [0.25, 0.3) is 0 Å².